The lowest BCUT2D eigenvalue weighted by Gasteiger charge is -2.20. The van der Waals surface area contributed by atoms with Crippen LogP contribution in [0.25, 0.3) is 22.3 Å². The van der Waals surface area contributed by atoms with Gasteiger partial charge in [-0.25, -0.2) is 9.97 Å². The van der Waals surface area contributed by atoms with Crippen LogP contribution >= 0.6 is 0 Å². The molecule has 34 heavy (non-hydrogen) atoms. The van der Waals surface area contributed by atoms with E-state index in [0.717, 1.165) is 24.2 Å². The predicted molar refractivity (Wildman–Crippen MR) is 133 cm³/mol. The Morgan fingerprint density at radius 2 is 1.79 bits per heavy atom. The summed E-state index contributed by atoms with van der Waals surface area (Å²) in [7, 11) is 5.58. The molecule has 0 bridgehead atoms. The van der Waals surface area contributed by atoms with Gasteiger partial charge in [0.1, 0.15) is 6.61 Å². The monoisotopic (exact) mass is 464 g/mol. The van der Waals surface area contributed by atoms with Crippen molar-refractivity contribution in [3.05, 3.63) is 42.7 Å². The van der Waals surface area contributed by atoms with E-state index in [1.165, 1.54) is 0 Å². The van der Waals surface area contributed by atoms with Crippen LogP contribution in [-0.2, 0) is 9.59 Å². The zero-order valence-electron chi connectivity index (χ0n) is 20.2. The van der Waals surface area contributed by atoms with Gasteiger partial charge in [-0.2, -0.15) is 0 Å². The van der Waals surface area contributed by atoms with Gasteiger partial charge >= 0.3 is 0 Å². The van der Waals surface area contributed by atoms with Crippen LogP contribution in [0.2, 0.25) is 0 Å². The van der Waals surface area contributed by atoms with Crippen molar-refractivity contribution in [2.75, 3.05) is 52.3 Å². The molecule has 3 rings (SSSR count). The molecule has 1 amide bonds. The first kappa shape index (κ1) is 25.0. The van der Waals surface area contributed by atoms with Gasteiger partial charge in [-0.1, -0.05) is 19.1 Å². The van der Waals surface area contributed by atoms with Gasteiger partial charge in [0.15, 0.2) is 11.3 Å². The molecule has 0 atom stereocenters. The third-order valence-corrected chi connectivity index (χ3v) is 5.35. The Bertz CT molecular complexity index is 1120. The summed E-state index contributed by atoms with van der Waals surface area (Å²) < 4.78 is 5.85. The predicted octanol–water partition coefficient (Wildman–Crippen LogP) is 2.55. The largest absolute Gasteiger partial charge is 0.468 e. The number of ketones is 1. The van der Waals surface area contributed by atoms with E-state index in [-0.39, 0.29) is 30.7 Å². The highest BCUT2D eigenvalue weighted by Gasteiger charge is 2.16. The van der Waals surface area contributed by atoms with Crippen molar-refractivity contribution >= 4 is 28.4 Å². The Kier molecular flexibility index (Phi) is 8.86. The van der Waals surface area contributed by atoms with Crippen molar-refractivity contribution < 1.29 is 14.3 Å². The topological polar surface area (TPSA) is 101 Å². The molecule has 0 spiro atoms. The fraction of sp³-hybridized carbons (Fsp3) is 0.400. The molecule has 9 heteroatoms. The number of ether oxygens (including phenoxy) is 1. The summed E-state index contributed by atoms with van der Waals surface area (Å²) in [5.74, 6) is 0.137. The number of hydrogen-bond donors (Lipinski definition) is 1. The molecule has 9 nitrogen and oxygen atoms in total. The van der Waals surface area contributed by atoms with Crippen LogP contribution in [0.4, 0.5) is 5.69 Å². The van der Waals surface area contributed by atoms with Crippen molar-refractivity contribution in [2.45, 2.75) is 19.8 Å². The highest BCUT2D eigenvalue weighted by molar-refractivity contribution is 5.85. The molecule has 180 valence electrons. The van der Waals surface area contributed by atoms with E-state index < -0.39 is 0 Å². The average Bonchev–Trinajstić information content (AvgIpc) is 2.85. The van der Waals surface area contributed by atoms with Crippen LogP contribution in [0, 0.1) is 0 Å². The molecule has 2 aromatic heterocycles. The number of anilines is 1. The Balaban J connectivity index is 1.75. The van der Waals surface area contributed by atoms with Crippen molar-refractivity contribution in [3.8, 4) is 17.1 Å². The maximum Gasteiger partial charge on any atom is 0.243 e. The minimum absolute atomic E-state index is 0.0468. The van der Waals surface area contributed by atoms with Gasteiger partial charge in [-0.05, 0) is 31.2 Å². The van der Waals surface area contributed by atoms with Crippen molar-refractivity contribution in [2.24, 2.45) is 0 Å². The Labute approximate surface area is 200 Å². The van der Waals surface area contributed by atoms with E-state index in [9.17, 15) is 9.59 Å². The van der Waals surface area contributed by atoms with Gasteiger partial charge in [-0.3, -0.25) is 19.5 Å². The van der Waals surface area contributed by atoms with E-state index in [2.05, 4.69) is 20.3 Å². The minimum Gasteiger partial charge on any atom is -0.468 e. The van der Waals surface area contributed by atoms with Gasteiger partial charge in [0.05, 0.1) is 17.8 Å². The van der Waals surface area contributed by atoms with Crippen LogP contribution in [0.5, 0.6) is 5.88 Å². The number of carbonyl (C=O) groups is 2. The molecule has 1 N–H and O–H groups in total. The lowest BCUT2D eigenvalue weighted by molar-refractivity contribution is -0.124. The molecule has 1 aromatic carbocycles. The average molecular weight is 465 g/mol. The highest BCUT2D eigenvalue weighted by atomic mass is 16.5. The molecular formula is C25H32N6O3. The van der Waals surface area contributed by atoms with Crippen LogP contribution in [0.15, 0.2) is 42.7 Å². The smallest absolute Gasteiger partial charge is 0.243 e. The zero-order valence-corrected chi connectivity index (χ0v) is 20.2. The summed E-state index contributed by atoms with van der Waals surface area (Å²) in [6.45, 7) is 3.36. The van der Waals surface area contributed by atoms with Crippen LogP contribution in [0.3, 0.4) is 0 Å². The lowest BCUT2D eigenvalue weighted by atomic mass is 10.1. The third kappa shape index (κ3) is 6.71. The molecule has 0 saturated heterocycles. The standard InChI is InChI=1S/C25H32N6O3/c1-5-13-31(14-10-23(33)26-2)16-20(32)17-34-25-24-22(27-11-12-28-24)15-21(29-25)18-6-8-19(9-7-18)30(3)4/h6-9,11-12,15H,5,10,13-14,16-17H2,1-4H3,(H,26,33). The summed E-state index contributed by atoms with van der Waals surface area (Å²) in [5.41, 5.74) is 3.84. The van der Waals surface area contributed by atoms with Crippen molar-refractivity contribution in [1.29, 1.82) is 0 Å². The number of rotatable bonds is 12. The first-order valence-corrected chi connectivity index (χ1v) is 11.4. The fourth-order valence-electron chi connectivity index (χ4n) is 3.54. The summed E-state index contributed by atoms with van der Waals surface area (Å²) in [6, 6.07) is 9.88. The number of benzene rings is 1. The number of pyridine rings is 1. The number of nitrogens with one attached hydrogen (secondary N) is 1. The Hall–Kier alpha value is -3.59. The molecule has 2 heterocycles. The molecular weight excluding hydrogens is 432 g/mol. The van der Waals surface area contributed by atoms with Crippen molar-refractivity contribution in [3.63, 3.8) is 0 Å². The van der Waals surface area contributed by atoms with E-state index in [4.69, 9.17) is 4.74 Å². The van der Waals surface area contributed by atoms with Crippen LogP contribution in [-0.4, -0.2) is 78.9 Å². The molecule has 0 fully saturated rings. The summed E-state index contributed by atoms with van der Waals surface area (Å²) >= 11 is 0. The minimum atomic E-state index is -0.137. The van der Waals surface area contributed by atoms with Crippen LogP contribution < -0.4 is 15.0 Å². The number of carbonyl (C=O) groups excluding carboxylic acids is 2. The van der Waals surface area contributed by atoms with Gasteiger partial charge in [0, 0.05) is 57.8 Å². The first-order valence-electron chi connectivity index (χ1n) is 11.4. The van der Waals surface area contributed by atoms with Crippen molar-refractivity contribution in [1.82, 2.24) is 25.2 Å². The molecule has 0 radical (unpaired) electrons. The van der Waals surface area contributed by atoms with E-state index in [0.29, 0.717) is 29.7 Å². The maximum atomic E-state index is 12.7. The Morgan fingerprint density at radius 3 is 2.47 bits per heavy atom. The summed E-state index contributed by atoms with van der Waals surface area (Å²) in [4.78, 5) is 41.6. The molecule has 0 aliphatic rings. The normalized spacial score (nSPS) is 11.0. The zero-order chi connectivity index (χ0) is 24.5. The SMILES string of the molecule is CCCN(CCC(=O)NC)CC(=O)COc1nc(-c2ccc(N(C)C)cc2)cc2nccnc12. The number of fused-ring (bicyclic) bond motifs is 1. The van der Waals surface area contributed by atoms with E-state index in [1.807, 2.05) is 61.2 Å². The number of hydrogen-bond acceptors (Lipinski definition) is 8. The van der Waals surface area contributed by atoms with E-state index >= 15 is 0 Å². The second-order valence-electron chi connectivity index (χ2n) is 8.20. The quantitative estimate of drug-likeness (QED) is 0.437. The number of amides is 1. The van der Waals surface area contributed by atoms with E-state index in [1.54, 1.807) is 19.4 Å². The summed E-state index contributed by atoms with van der Waals surface area (Å²) in [6.07, 6.45) is 4.43. The number of nitrogens with zero attached hydrogens (tertiary/aromatic N) is 5. The van der Waals surface area contributed by atoms with Gasteiger partial charge in [-0.15, -0.1) is 0 Å². The second kappa shape index (κ2) is 12.0. The van der Waals surface area contributed by atoms with Crippen LogP contribution in [0.1, 0.15) is 19.8 Å². The molecule has 0 aliphatic carbocycles. The molecule has 0 aliphatic heterocycles. The molecule has 0 saturated carbocycles. The van der Waals surface area contributed by atoms with Gasteiger partial charge < -0.3 is 15.0 Å². The molecule has 3 aromatic rings. The summed E-state index contributed by atoms with van der Waals surface area (Å²) in [5, 5.41) is 2.61. The molecule has 0 unspecified atom stereocenters. The third-order valence-electron chi connectivity index (χ3n) is 5.35. The Morgan fingerprint density at radius 1 is 1.06 bits per heavy atom. The first-order chi connectivity index (χ1) is 16.4. The second-order valence-corrected chi connectivity index (χ2v) is 8.20. The highest BCUT2D eigenvalue weighted by Crippen LogP contribution is 2.28. The maximum absolute atomic E-state index is 12.7. The van der Waals surface area contributed by atoms with Gasteiger partial charge in [0.2, 0.25) is 11.8 Å². The van der Waals surface area contributed by atoms with Gasteiger partial charge in [0.25, 0.3) is 0 Å². The number of Topliss-reactive ketones (excluding diaryl/α,β-unsaturated/α-hetero) is 1. The lowest BCUT2D eigenvalue weighted by Crippen LogP contribution is -2.36. The fourth-order valence-corrected chi connectivity index (χ4v) is 3.54. The number of aromatic nitrogens is 3.